The highest BCUT2D eigenvalue weighted by Crippen LogP contribution is 2.07. The van der Waals surface area contributed by atoms with Crippen LogP contribution < -0.4 is 5.32 Å². The summed E-state index contributed by atoms with van der Waals surface area (Å²) in [6.45, 7) is 2.40. The molecule has 0 radical (unpaired) electrons. The third kappa shape index (κ3) is 2.82. The molecular formula is C6H13IN2. The quantitative estimate of drug-likeness (QED) is 0.572. The molecule has 0 aromatic carbocycles. The summed E-state index contributed by atoms with van der Waals surface area (Å²) < 4.78 is 2.21. The first-order valence-electron chi connectivity index (χ1n) is 3.39. The molecule has 0 saturated carbocycles. The Balaban J connectivity index is 2.11. The number of nitrogens with one attached hydrogen (secondary N) is 1. The van der Waals surface area contributed by atoms with E-state index in [0.717, 1.165) is 6.04 Å². The van der Waals surface area contributed by atoms with E-state index in [4.69, 9.17) is 0 Å². The van der Waals surface area contributed by atoms with Crippen LogP contribution in [0.15, 0.2) is 0 Å². The molecule has 1 unspecified atom stereocenters. The van der Waals surface area contributed by atoms with Crippen molar-refractivity contribution in [1.82, 2.24) is 8.43 Å². The van der Waals surface area contributed by atoms with Gasteiger partial charge >= 0.3 is 0 Å². The van der Waals surface area contributed by atoms with E-state index in [9.17, 15) is 0 Å². The molecule has 2 nitrogen and oxygen atoms in total. The molecule has 0 aromatic heterocycles. The molecule has 0 aromatic rings. The van der Waals surface area contributed by atoms with E-state index in [1.165, 1.54) is 25.9 Å². The monoisotopic (exact) mass is 240 g/mol. The Labute approximate surface area is 70.5 Å². The molecule has 1 aliphatic heterocycles. The smallest absolute Gasteiger partial charge is 0.0232 e. The Kier molecular flexibility index (Phi) is 3.21. The Morgan fingerprint density at radius 1 is 1.78 bits per heavy atom. The zero-order valence-electron chi connectivity index (χ0n) is 5.73. The van der Waals surface area contributed by atoms with Crippen LogP contribution in [0.5, 0.6) is 0 Å². The van der Waals surface area contributed by atoms with Crippen molar-refractivity contribution < 1.29 is 0 Å². The molecule has 1 fully saturated rings. The van der Waals surface area contributed by atoms with Gasteiger partial charge < -0.3 is 5.32 Å². The number of likely N-dealkylation sites (N-methyl/N-ethyl adjacent to an activating group) is 1. The minimum Gasteiger partial charge on any atom is -0.313 e. The van der Waals surface area contributed by atoms with Crippen LogP contribution in [0.4, 0.5) is 0 Å². The van der Waals surface area contributed by atoms with Crippen LogP contribution in [0.25, 0.3) is 0 Å². The molecule has 1 heterocycles. The van der Waals surface area contributed by atoms with Gasteiger partial charge in [0.15, 0.2) is 0 Å². The summed E-state index contributed by atoms with van der Waals surface area (Å²) in [6, 6.07) is 0.756. The van der Waals surface area contributed by atoms with Crippen molar-refractivity contribution in [3.8, 4) is 0 Å². The molecule has 1 aliphatic rings. The maximum atomic E-state index is 3.44. The van der Waals surface area contributed by atoms with Crippen molar-refractivity contribution in [2.24, 2.45) is 0 Å². The van der Waals surface area contributed by atoms with Crippen molar-refractivity contribution in [1.29, 1.82) is 0 Å². The number of hydrogen-bond donors (Lipinski definition) is 1. The maximum absolute atomic E-state index is 3.44. The summed E-state index contributed by atoms with van der Waals surface area (Å²) in [5, 5.41) is 3.44. The van der Waals surface area contributed by atoms with Crippen LogP contribution in [-0.4, -0.2) is 29.3 Å². The standard InChI is InChI=1S/C6H13IN2/c1-9(7)5-6-3-2-4-8-6/h6,8H,2-5H2,1H3. The Bertz CT molecular complexity index is 79.1. The van der Waals surface area contributed by atoms with Gasteiger partial charge in [0.25, 0.3) is 0 Å². The molecule has 9 heavy (non-hydrogen) atoms. The summed E-state index contributed by atoms with van der Waals surface area (Å²) in [6.07, 6.45) is 2.71. The second-order valence-corrected chi connectivity index (χ2v) is 4.23. The molecule has 1 rings (SSSR count). The zero-order valence-corrected chi connectivity index (χ0v) is 7.89. The van der Waals surface area contributed by atoms with Crippen LogP contribution in [0.3, 0.4) is 0 Å². The lowest BCUT2D eigenvalue weighted by Gasteiger charge is -2.13. The van der Waals surface area contributed by atoms with Crippen molar-refractivity contribution >= 4 is 22.9 Å². The Morgan fingerprint density at radius 2 is 2.56 bits per heavy atom. The fraction of sp³-hybridized carbons (Fsp3) is 1.00. The van der Waals surface area contributed by atoms with Gasteiger partial charge in [0.2, 0.25) is 0 Å². The van der Waals surface area contributed by atoms with Crippen LogP contribution in [0, 0.1) is 0 Å². The lowest BCUT2D eigenvalue weighted by molar-refractivity contribution is 0.485. The predicted octanol–water partition coefficient (Wildman–Crippen LogP) is 1.02. The van der Waals surface area contributed by atoms with Crippen molar-refractivity contribution in [3.63, 3.8) is 0 Å². The molecule has 0 bridgehead atoms. The van der Waals surface area contributed by atoms with Gasteiger partial charge in [0, 0.05) is 35.5 Å². The van der Waals surface area contributed by atoms with Gasteiger partial charge in [-0.2, -0.15) is 0 Å². The van der Waals surface area contributed by atoms with Gasteiger partial charge in [0.1, 0.15) is 0 Å². The summed E-state index contributed by atoms with van der Waals surface area (Å²) >= 11 is 2.33. The van der Waals surface area contributed by atoms with E-state index in [1.807, 2.05) is 0 Å². The lowest BCUT2D eigenvalue weighted by Crippen LogP contribution is -2.30. The van der Waals surface area contributed by atoms with Gasteiger partial charge in [-0.3, -0.25) is 0 Å². The molecule has 0 aliphatic carbocycles. The molecule has 0 spiro atoms. The van der Waals surface area contributed by atoms with Gasteiger partial charge in [-0.15, -0.1) is 0 Å². The number of nitrogens with zero attached hydrogens (tertiary/aromatic N) is 1. The Morgan fingerprint density at radius 3 is 3.00 bits per heavy atom. The highest BCUT2D eigenvalue weighted by molar-refractivity contribution is 14.1. The third-order valence-electron chi connectivity index (χ3n) is 1.63. The van der Waals surface area contributed by atoms with Crippen LogP contribution in [0.2, 0.25) is 0 Å². The van der Waals surface area contributed by atoms with E-state index in [1.54, 1.807) is 0 Å². The maximum Gasteiger partial charge on any atom is 0.0232 e. The van der Waals surface area contributed by atoms with Gasteiger partial charge in [-0.1, -0.05) is 0 Å². The molecule has 3 heteroatoms. The number of halogens is 1. The second-order valence-electron chi connectivity index (χ2n) is 2.58. The summed E-state index contributed by atoms with van der Waals surface area (Å²) in [5.74, 6) is 0. The summed E-state index contributed by atoms with van der Waals surface area (Å²) in [5.41, 5.74) is 0. The average molecular weight is 240 g/mol. The Hall–Kier alpha value is 0.650. The van der Waals surface area contributed by atoms with Gasteiger partial charge in [-0.05, 0) is 26.4 Å². The van der Waals surface area contributed by atoms with Crippen LogP contribution >= 0.6 is 22.9 Å². The van der Waals surface area contributed by atoms with E-state index in [0.29, 0.717) is 0 Å². The second kappa shape index (κ2) is 3.73. The van der Waals surface area contributed by atoms with Gasteiger partial charge in [0.05, 0.1) is 0 Å². The number of hydrogen-bond acceptors (Lipinski definition) is 2. The molecule has 1 N–H and O–H groups in total. The highest BCUT2D eigenvalue weighted by atomic mass is 127. The summed E-state index contributed by atoms with van der Waals surface area (Å²) in [4.78, 5) is 0. The topological polar surface area (TPSA) is 15.3 Å². The first-order valence-corrected chi connectivity index (χ1v) is 4.36. The zero-order chi connectivity index (χ0) is 6.69. The van der Waals surface area contributed by atoms with Crippen molar-refractivity contribution in [2.75, 3.05) is 20.1 Å². The first kappa shape index (κ1) is 7.75. The predicted molar refractivity (Wildman–Crippen MR) is 47.7 cm³/mol. The van der Waals surface area contributed by atoms with E-state index in [-0.39, 0.29) is 0 Å². The lowest BCUT2D eigenvalue weighted by atomic mass is 10.2. The average Bonchev–Trinajstić information content (AvgIpc) is 2.15. The van der Waals surface area contributed by atoms with Gasteiger partial charge in [-0.25, -0.2) is 3.11 Å². The van der Waals surface area contributed by atoms with E-state index >= 15 is 0 Å². The van der Waals surface area contributed by atoms with Crippen LogP contribution in [0.1, 0.15) is 12.8 Å². The minimum atomic E-state index is 0.756. The molecule has 1 atom stereocenters. The summed E-state index contributed by atoms with van der Waals surface area (Å²) in [7, 11) is 2.11. The normalized spacial score (nSPS) is 27.7. The number of rotatable bonds is 2. The van der Waals surface area contributed by atoms with E-state index in [2.05, 4.69) is 38.3 Å². The minimum absolute atomic E-state index is 0.756. The van der Waals surface area contributed by atoms with Crippen molar-refractivity contribution in [3.05, 3.63) is 0 Å². The largest absolute Gasteiger partial charge is 0.313 e. The van der Waals surface area contributed by atoms with Crippen molar-refractivity contribution in [2.45, 2.75) is 18.9 Å². The third-order valence-corrected chi connectivity index (χ3v) is 2.03. The fourth-order valence-corrected chi connectivity index (χ4v) is 1.69. The fourth-order valence-electron chi connectivity index (χ4n) is 1.22. The first-order chi connectivity index (χ1) is 4.29. The molecule has 1 saturated heterocycles. The van der Waals surface area contributed by atoms with E-state index < -0.39 is 0 Å². The highest BCUT2D eigenvalue weighted by Gasteiger charge is 2.13. The van der Waals surface area contributed by atoms with Crippen LogP contribution in [-0.2, 0) is 0 Å². The molecule has 0 amide bonds. The molecule has 54 valence electrons. The SMILES string of the molecule is CN(I)CC1CCCN1. The molecular weight excluding hydrogens is 227 g/mol.